The maximum Gasteiger partial charge on any atom is 0.315 e. The van der Waals surface area contributed by atoms with Gasteiger partial charge in [0.25, 0.3) is 0 Å². The van der Waals surface area contributed by atoms with E-state index in [1.807, 2.05) is 19.2 Å². The molecule has 0 saturated heterocycles. The first-order valence-electron chi connectivity index (χ1n) is 5.92. The number of aromatic nitrogens is 1. The normalized spacial score (nSPS) is 12.8. The number of urea groups is 1. The van der Waals surface area contributed by atoms with Gasteiger partial charge in [0.15, 0.2) is 0 Å². The Morgan fingerprint density at radius 3 is 2.63 bits per heavy atom. The van der Waals surface area contributed by atoms with E-state index in [4.69, 9.17) is 5.11 Å². The highest BCUT2D eigenvalue weighted by Gasteiger charge is 2.27. The molecular weight excluding hydrogens is 266 g/mol. The molecule has 7 heteroatoms. The van der Waals surface area contributed by atoms with Crippen LogP contribution in [0.5, 0.6) is 0 Å². The van der Waals surface area contributed by atoms with Gasteiger partial charge in [0.1, 0.15) is 5.01 Å². The average Bonchev–Trinajstić information content (AvgIpc) is 2.73. The summed E-state index contributed by atoms with van der Waals surface area (Å²) in [6, 6.07) is -0.596. The Labute approximate surface area is 116 Å². The van der Waals surface area contributed by atoms with Crippen LogP contribution in [0.1, 0.15) is 37.5 Å². The van der Waals surface area contributed by atoms with E-state index in [0.29, 0.717) is 0 Å². The second-order valence-corrected chi connectivity index (χ2v) is 5.95. The van der Waals surface area contributed by atoms with Crippen LogP contribution in [-0.4, -0.2) is 28.6 Å². The molecule has 0 fully saturated rings. The number of nitrogens with zero attached hydrogens (tertiary/aromatic N) is 1. The van der Waals surface area contributed by atoms with Crippen LogP contribution in [0.2, 0.25) is 0 Å². The number of amides is 2. The van der Waals surface area contributed by atoms with Crippen molar-refractivity contribution in [3.05, 3.63) is 16.1 Å². The predicted molar refractivity (Wildman–Crippen MR) is 73.2 cm³/mol. The number of thiazole rings is 1. The second kappa shape index (κ2) is 6.01. The van der Waals surface area contributed by atoms with Gasteiger partial charge < -0.3 is 15.7 Å². The van der Waals surface area contributed by atoms with Gasteiger partial charge in [0.2, 0.25) is 0 Å². The molecule has 0 saturated carbocycles. The van der Waals surface area contributed by atoms with Gasteiger partial charge in [0.05, 0.1) is 11.5 Å². The van der Waals surface area contributed by atoms with Crippen LogP contribution in [0.15, 0.2) is 5.38 Å². The minimum atomic E-state index is -0.988. The van der Waals surface area contributed by atoms with Crippen molar-refractivity contribution in [2.75, 3.05) is 6.54 Å². The first-order valence-corrected chi connectivity index (χ1v) is 6.80. The Morgan fingerprint density at radius 2 is 2.16 bits per heavy atom. The highest BCUT2D eigenvalue weighted by molar-refractivity contribution is 7.09. The smallest absolute Gasteiger partial charge is 0.315 e. The van der Waals surface area contributed by atoms with Crippen molar-refractivity contribution < 1.29 is 14.7 Å². The minimum Gasteiger partial charge on any atom is -0.481 e. The first kappa shape index (κ1) is 15.4. The van der Waals surface area contributed by atoms with Crippen molar-refractivity contribution in [1.82, 2.24) is 15.6 Å². The van der Waals surface area contributed by atoms with E-state index in [0.717, 1.165) is 10.7 Å². The molecule has 1 heterocycles. The fraction of sp³-hybridized carbons (Fsp3) is 0.583. The summed E-state index contributed by atoms with van der Waals surface area (Å²) in [5.41, 5.74) is -0.0701. The number of carboxylic acids is 1. The molecule has 0 spiro atoms. The van der Waals surface area contributed by atoms with Gasteiger partial charge in [-0.3, -0.25) is 4.79 Å². The summed E-state index contributed by atoms with van der Waals surface area (Å²) >= 11 is 1.48. The number of carbonyl (C=O) groups is 2. The number of aliphatic carboxylic acids is 1. The predicted octanol–water partition coefficient (Wildman–Crippen LogP) is 1.92. The van der Waals surface area contributed by atoms with Crippen LogP contribution in [0, 0.1) is 12.3 Å². The SMILES string of the molecule is Cc1csc(C(C)NC(=O)NCC(C)(C)C(=O)O)n1. The van der Waals surface area contributed by atoms with Gasteiger partial charge in [-0.25, -0.2) is 9.78 Å². The standard InChI is InChI=1S/C12H19N3O3S/c1-7-5-19-9(14-7)8(2)15-11(18)13-6-12(3,4)10(16)17/h5,8H,6H2,1-4H3,(H,16,17)(H2,13,15,18). The van der Waals surface area contributed by atoms with Crippen LogP contribution in [-0.2, 0) is 4.79 Å². The van der Waals surface area contributed by atoms with E-state index in [-0.39, 0.29) is 12.6 Å². The van der Waals surface area contributed by atoms with E-state index in [9.17, 15) is 9.59 Å². The molecule has 3 N–H and O–H groups in total. The van der Waals surface area contributed by atoms with Crippen molar-refractivity contribution >= 4 is 23.3 Å². The number of carbonyl (C=O) groups excluding carboxylic acids is 1. The molecule has 0 aliphatic rings. The molecule has 106 valence electrons. The van der Waals surface area contributed by atoms with Gasteiger partial charge in [0, 0.05) is 17.6 Å². The number of nitrogens with one attached hydrogen (secondary N) is 2. The second-order valence-electron chi connectivity index (χ2n) is 5.06. The Morgan fingerprint density at radius 1 is 1.53 bits per heavy atom. The molecule has 1 rings (SSSR count). The molecule has 0 aliphatic heterocycles. The van der Waals surface area contributed by atoms with Gasteiger partial charge >= 0.3 is 12.0 Å². The van der Waals surface area contributed by atoms with Gasteiger partial charge in [-0.2, -0.15) is 0 Å². The van der Waals surface area contributed by atoms with E-state index < -0.39 is 17.4 Å². The monoisotopic (exact) mass is 285 g/mol. The maximum absolute atomic E-state index is 11.7. The lowest BCUT2D eigenvalue weighted by atomic mass is 9.94. The molecule has 1 aromatic heterocycles. The molecule has 0 aromatic carbocycles. The fourth-order valence-electron chi connectivity index (χ4n) is 1.26. The molecule has 1 aromatic rings. The van der Waals surface area contributed by atoms with Crippen LogP contribution in [0.25, 0.3) is 0 Å². The summed E-state index contributed by atoms with van der Waals surface area (Å²) in [5, 5.41) is 17.0. The first-order chi connectivity index (χ1) is 8.72. The molecule has 2 amide bonds. The molecule has 0 radical (unpaired) electrons. The average molecular weight is 285 g/mol. The zero-order chi connectivity index (χ0) is 14.6. The van der Waals surface area contributed by atoms with Gasteiger partial charge in [-0.05, 0) is 27.7 Å². The van der Waals surface area contributed by atoms with Crippen LogP contribution in [0.4, 0.5) is 4.79 Å². The third-order valence-electron chi connectivity index (χ3n) is 2.62. The number of aryl methyl sites for hydroxylation is 1. The lowest BCUT2D eigenvalue weighted by molar-refractivity contribution is -0.146. The van der Waals surface area contributed by atoms with Crippen molar-refractivity contribution in [2.45, 2.75) is 33.7 Å². The van der Waals surface area contributed by atoms with Crippen LogP contribution in [0.3, 0.4) is 0 Å². The summed E-state index contributed by atoms with van der Waals surface area (Å²) in [7, 11) is 0. The van der Waals surface area contributed by atoms with Crippen molar-refractivity contribution in [3.63, 3.8) is 0 Å². The number of carboxylic acid groups (broad SMARTS) is 1. The molecule has 0 bridgehead atoms. The summed E-state index contributed by atoms with van der Waals surface area (Å²) in [6.45, 7) is 6.91. The lowest BCUT2D eigenvalue weighted by Crippen LogP contribution is -2.44. The van der Waals surface area contributed by atoms with Gasteiger partial charge in [-0.1, -0.05) is 0 Å². The largest absolute Gasteiger partial charge is 0.481 e. The number of rotatable bonds is 5. The Hall–Kier alpha value is -1.63. The fourth-order valence-corrected chi connectivity index (χ4v) is 2.06. The van der Waals surface area contributed by atoms with Gasteiger partial charge in [-0.15, -0.1) is 11.3 Å². The molecular formula is C12H19N3O3S. The van der Waals surface area contributed by atoms with Crippen molar-refractivity contribution in [3.8, 4) is 0 Å². The van der Waals surface area contributed by atoms with Crippen molar-refractivity contribution in [1.29, 1.82) is 0 Å². The topological polar surface area (TPSA) is 91.3 Å². The summed E-state index contributed by atoms with van der Waals surface area (Å²) in [4.78, 5) is 26.8. The maximum atomic E-state index is 11.7. The van der Waals surface area contributed by atoms with E-state index in [2.05, 4.69) is 15.6 Å². The van der Waals surface area contributed by atoms with Crippen molar-refractivity contribution in [2.24, 2.45) is 5.41 Å². The summed E-state index contributed by atoms with van der Waals surface area (Å²) in [5.74, 6) is -0.948. The zero-order valence-corrected chi connectivity index (χ0v) is 12.3. The highest BCUT2D eigenvalue weighted by Crippen LogP contribution is 2.17. The summed E-state index contributed by atoms with van der Waals surface area (Å²) < 4.78 is 0. The third-order valence-corrected chi connectivity index (χ3v) is 3.77. The molecule has 19 heavy (non-hydrogen) atoms. The van der Waals surface area contributed by atoms with E-state index in [1.54, 1.807) is 13.8 Å². The highest BCUT2D eigenvalue weighted by atomic mass is 32.1. The van der Waals surface area contributed by atoms with E-state index >= 15 is 0 Å². The Balaban J connectivity index is 2.46. The number of hydrogen-bond donors (Lipinski definition) is 3. The Kier molecular flexibility index (Phi) is 4.88. The van der Waals surface area contributed by atoms with E-state index in [1.165, 1.54) is 11.3 Å². The molecule has 0 aliphatic carbocycles. The third kappa shape index (κ3) is 4.51. The molecule has 1 atom stereocenters. The zero-order valence-electron chi connectivity index (χ0n) is 11.5. The van der Waals surface area contributed by atoms with Crippen LogP contribution >= 0.6 is 11.3 Å². The number of hydrogen-bond acceptors (Lipinski definition) is 4. The minimum absolute atomic E-state index is 0.0672. The summed E-state index contributed by atoms with van der Waals surface area (Å²) in [6.07, 6.45) is 0. The Bertz CT molecular complexity index is 471. The van der Waals surface area contributed by atoms with Crippen LogP contribution < -0.4 is 10.6 Å². The lowest BCUT2D eigenvalue weighted by Gasteiger charge is -2.20. The quantitative estimate of drug-likeness (QED) is 0.770. The molecule has 1 unspecified atom stereocenters. The molecule has 6 nitrogen and oxygen atoms in total.